The van der Waals surface area contributed by atoms with Crippen molar-refractivity contribution in [1.82, 2.24) is 9.80 Å². The van der Waals surface area contributed by atoms with Crippen LogP contribution in [0.2, 0.25) is 0 Å². The molecule has 1 atom stereocenters. The summed E-state index contributed by atoms with van der Waals surface area (Å²) in [5.74, 6) is -4.82. The van der Waals surface area contributed by atoms with E-state index in [4.69, 9.17) is 27.0 Å². The van der Waals surface area contributed by atoms with Crippen LogP contribution in [0.1, 0.15) is 84.3 Å². The lowest BCUT2D eigenvalue weighted by atomic mass is 9.88. The molecule has 254 valence electrons. The van der Waals surface area contributed by atoms with Crippen molar-refractivity contribution in [2.45, 2.75) is 109 Å². The quantitative estimate of drug-likeness (QED) is 0.181. The van der Waals surface area contributed by atoms with Crippen molar-refractivity contribution in [1.29, 1.82) is 5.26 Å². The molecule has 14 heteroatoms. The molecule has 2 saturated heterocycles. The number of piperidine rings is 1. The van der Waals surface area contributed by atoms with E-state index < -0.39 is 58.7 Å². The van der Waals surface area contributed by atoms with E-state index in [-0.39, 0.29) is 48.9 Å². The van der Waals surface area contributed by atoms with Gasteiger partial charge in [0.25, 0.3) is 11.8 Å². The van der Waals surface area contributed by atoms with Crippen LogP contribution < -0.4 is 4.90 Å². The predicted octanol–water partition coefficient (Wildman–Crippen LogP) is 6.31. The number of amides is 1. The maximum absolute atomic E-state index is 14.9. The molecule has 0 N–H and O–H groups in total. The number of anilines is 1. The van der Waals surface area contributed by atoms with Crippen LogP contribution in [0.3, 0.4) is 0 Å². The summed E-state index contributed by atoms with van der Waals surface area (Å²) in [4.78, 5) is 29.9. The third-order valence-corrected chi connectivity index (χ3v) is 9.22. The van der Waals surface area contributed by atoms with Gasteiger partial charge in [0.05, 0.1) is 42.1 Å². The fourth-order valence-corrected chi connectivity index (χ4v) is 7.17. The number of hydrogen-bond acceptors (Lipinski definition) is 7. The standard InChI is InChI=1S/C32H41F5N4O4S/c1-29(2,3)45-26(42)18-39-14-12-21(31(33,34)19-39)13-15-44-24-10-8-22(9-11-24)41-28(46)40(27(43)30(41,4)5)23-7-6-20(17-38)25(16-23)32(35,36)37/h6-7,16,21-22,24H,8-15,18-19H2,1-5H3. The van der Waals surface area contributed by atoms with Crippen LogP contribution in [-0.4, -0.2) is 82.2 Å². The van der Waals surface area contributed by atoms with Gasteiger partial charge in [-0.25, -0.2) is 8.78 Å². The van der Waals surface area contributed by atoms with Gasteiger partial charge in [-0.15, -0.1) is 0 Å². The Kier molecular flexibility index (Phi) is 10.4. The number of thiocarbonyl (C=S) groups is 1. The van der Waals surface area contributed by atoms with Crippen LogP contribution in [0, 0.1) is 17.2 Å². The van der Waals surface area contributed by atoms with E-state index in [1.807, 2.05) is 0 Å². The van der Waals surface area contributed by atoms with Gasteiger partial charge in [-0.2, -0.15) is 18.4 Å². The summed E-state index contributed by atoms with van der Waals surface area (Å²) >= 11 is 5.65. The highest BCUT2D eigenvalue weighted by Crippen LogP contribution is 2.41. The van der Waals surface area contributed by atoms with Gasteiger partial charge >= 0.3 is 12.1 Å². The van der Waals surface area contributed by atoms with Gasteiger partial charge in [0.2, 0.25) is 0 Å². The Hall–Kier alpha value is -2.89. The van der Waals surface area contributed by atoms with Gasteiger partial charge in [0.1, 0.15) is 11.1 Å². The Morgan fingerprint density at radius 3 is 2.33 bits per heavy atom. The third-order valence-electron chi connectivity index (χ3n) is 8.84. The molecule has 46 heavy (non-hydrogen) atoms. The Bertz CT molecular complexity index is 1370. The first-order chi connectivity index (χ1) is 21.2. The lowest BCUT2D eigenvalue weighted by molar-refractivity contribution is -0.161. The average molecular weight is 673 g/mol. The van der Waals surface area contributed by atoms with Crippen molar-refractivity contribution in [3.05, 3.63) is 29.3 Å². The lowest BCUT2D eigenvalue weighted by Crippen LogP contribution is -2.51. The van der Waals surface area contributed by atoms with Crippen LogP contribution in [0.4, 0.5) is 27.6 Å². The minimum Gasteiger partial charge on any atom is -0.459 e. The van der Waals surface area contributed by atoms with Crippen LogP contribution in [-0.2, 0) is 25.2 Å². The number of halogens is 5. The predicted molar refractivity (Wildman–Crippen MR) is 164 cm³/mol. The number of benzene rings is 1. The monoisotopic (exact) mass is 672 g/mol. The number of ether oxygens (including phenoxy) is 2. The van der Waals surface area contributed by atoms with Crippen molar-refractivity contribution in [2.24, 2.45) is 5.92 Å². The number of carbonyl (C=O) groups is 2. The molecular formula is C32H41F5N4O4S. The summed E-state index contributed by atoms with van der Waals surface area (Å²) in [5, 5.41) is 9.24. The molecule has 2 heterocycles. The molecule has 4 rings (SSSR count). The van der Waals surface area contributed by atoms with Crippen molar-refractivity contribution < 1.29 is 41.0 Å². The van der Waals surface area contributed by atoms with E-state index in [2.05, 4.69) is 0 Å². The number of esters is 1. The zero-order valence-electron chi connectivity index (χ0n) is 26.8. The van der Waals surface area contributed by atoms with Gasteiger partial charge in [-0.1, -0.05) is 0 Å². The Morgan fingerprint density at radius 2 is 1.76 bits per heavy atom. The topological polar surface area (TPSA) is 86.1 Å². The smallest absolute Gasteiger partial charge is 0.417 e. The number of nitrogens with zero attached hydrogens (tertiary/aromatic N) is 4. The number of carbonyl (C=O) groups excluding carboxylic acids is 2. The molecule has 2 aliphatic heterocycles. The van der Waals surface area contributed by atoms with E-state index in [9.17, 15) is 31.5 Å². The van der Waals surface area contributed by atoms with Gasteiger partial charge in [-0.05, 0) is 110 Å². The summed E-state index contributed by atoms with van der Waals surface area (Å²) in [6, 6.07) is 4.48. The van der Waals surface area contributed by atoms with Crippen molar-refractivity contribution in [2.75, 3.05) is 31.1 Å². The normalized spacial score (nSPS) is 25.5. The Labute approximate surface area is 271 Å². The largest absolute Gasteiger partial charge is 0.459 e. The summed E-state index contributed by atoms with van der Waals surface area (Å²) in [7, 11) is 0. The Morgan fingerprint density at radius 1 is 1.11 bits per heavy atom. The van der Waals surface area contributed by atoms with Crippen LogP contribution in [0.25, 0.3) is 0 Å². The number of nitriles is 1. The summed E-state index contributed by atoms with van der Waals surface area (Å²) in [6.07, 6.45) is -2.12. The van der Waals surface area contributed by atoms with E-state index in [0.29, 0.717) is 32.2 Å². The summed E-state index contributed by atoms with van der Waals surface area (Å²) in [6.45, 7) is 8.39. The summed E-state index contributed by atoms with van der Waals surface area (Å²) < 4.78 is 82.0. The van der Waals surface area contributed by atoms with Crippen LogP contribution in [0.15, 0.2) is 18.2 Å². The van der Waals surface area contributed by atoms with E-state index in [1.54, 1.807) is 45.6 Å². The molecule has 8 nitrogen and oxygen atoms in total. The minimum absolute atomic E-state index is 0.0543. The van der Waals surface area contributed by atoms with Crippen molar-refractivity contribution in [3.8, 4) is 6.07 Å². The van der Waals surface area contributed by atoms with Crippen LogP contribution in [0.5, 0.6) is 0 Å². The highest BCUT2D eigenvalue weighted by atomic mass is 32.1. The first-order valence-electron chi connectivity index (χ1n) is 15.5. The molecule has 3 aliphatic rings. The molecule has 1 unspecified atom stereocenters. The molecule has 1 aliphatic carbocycles. The van der Waals surface area contributed by atoms with E-state index >= 15 is 0 Å². The minimum atomic E-state index is -4.78. The number of likely N-dealkylation sites (tertiary alicyclic amines) is 1. The lowest BCUT2D eigenvalue weighted by Gasteiger charge is -2.41. The summed E-state index contributed by atoms with van der Waals surface area (Å²) in [5.41, 5.74) is -3.54. The zero-order valence-corrected chi connectivity index (χ0v) is 27.6. The Balaban J connectivity index is 1.30. The first kappa shape index (κ1) is 36.0. The third kappa shape index (κ3) is 7.97. The number of alkyl halides is 5. The second-order valence-electron chi connectivity index (χ2n) is 13.8. The van der Waals surface area contributed by atoms with Crippen molar-refractivity contribution >= 4 is 34.9 Å². The molecule has 1 aromatic rings. The fraction of sp³-hybridized carbons (Fsp3) is 0.688. The van der Waals surface area contributed by atoms with Gasteiger partial charge < -0.3 is 14.4 Å². The molecule has 0 radical (unpaired) electrons. The molecular weight excluding hydrogens is 631 g/mol. The molecule has 0 aromatic heterocycles. The maximum atomic E-state index is 14.9. The fourth-order valence-electron chi connectivity index (χ4n) is 6.60. The molecule has 1 aromatic carbocycles. The van der Waals surface area contributed by atoms with Crippen molar-refractivity contribution in [3.63, 3.8) is 0 Å². The van der Waals surface area contributed by atoms with Gasteiger partial charge in [0, 0.05) is 18.6 Å². The average Bonchev–Trinajstić information content (AvgIpc) is 3.11. The molecule has 1 saturated carbocycles. The van der Waals surface area contributed by atoms with E-state index in [0.717, 1.165) is 17.0 Å². The second-order valence-corrected chi connectivity index (χ2v) is 14.2. The highest BCUT2D eigenvalue weighted by Gasteiger charge is 2.53. The molecule has 0 spiro atoms. The second kappa shape index (κ2) is 13.3. The molecule has 0 bridgehead atoms. The number of hydrogen-bond donors (Lipinski definition) is 0. The van der Waals surface area contributed by atoms with Gasteiger partial charge in [-0.3, -0.25) is 19.4 Å². The first-order valence-corrected chi connectivity index (χ1v) is 15.9. The van der Waals surface area contributed by atoms with E-state index in [1.165, 1.54) is 11.0 Å². The zero-order chi connectivity index (χ0) is 34.2. The van der Waals surface area contributed by atoms with Crippen LogP contribution >= 0.6 is 12.2 Å². The molecule has 3 fully saturated rings. The SMILES string of the molecule is CC(C)(C)OC(=O)CN1CCC(CCOC2CCC(N3C(=S)N(c4ccc(C#N)c(C(F)(F)F)c4)C(=O)C3(C)C)CC2)C(F)(F)C1. The van der Waals surface area contributed by atoms with Gasteiger partial charge in [0.15, 0.2) is 5.11 Å². The molecule has 1 amide bonds. The highest BCUT2D eigenvalue weighted by molar-refractivity contribution is 7.80. The number of rotatable bonds is 8. The maximum Gasteiger partial charge on any atom is 0.417 e.